The maximum absolute atomic E-state index is 11.0. The molecule has 0 spiro atoms. The number of halogens is 1. The molecule has 1 aromatic rings. The van der Waals surface area contributed by atoms with E-state index in [1.165, 1.54) is 7.11 Å². The van der Waals surface area contributed by atoms with E-state index in [1.807, 2.05) is 12.1 Å². The Hall–Kier alpha value is -1.27. The Morgan fingerprint density at radius 3 is 3.00 bits per heavy atom. The number of methoxy groups -OCH3 is 1. The first kappa shape index (κ1) is 15.1. The lowest BCUT2D eigenvalue weighted by molar-refractivity contribution is -0.140. The van der Waals surface area contributed by atoms with Gasteiger partial charge in [0.25, 0.3) is 0 Å². The third-order valence-corrected chi connectivity index (χ3v) is 3.51. The Bertz CT molecular complexity index is 478. The van der Waals surface area contributed by atoms with E-state index in [-0.39, 0.29) is 5.97 Å². The quantitative estimate of drug-likeness (QED) is 0.656. The van der Waals surface area contributed by atoms with Crippen LogP contribution in [0.4, 0.5) is 0 Å². The van der Waals surface area contributed by atoms with E-state index in [1.54, 1.807) is 0 Å². The van der Waals surface area contributed by atoms with Crippen LogP contribution in [0.25, 0.3) is 0 Å². The van der Waals surface area contributed by atoms with Crippen molar-refractivity contribution in [1.82, 2.24) is 5.32 Å². The predicted octanol–water partition coefficient (Wildman–Crippen LogP) is 2.26. The van der Waals surface area contributed by atoms with Gasteiger partial charge in [0, 0.05) is 19.5 Å². The number of hydrogen-bond donors (Lipinski definition) is 1. The Balaban J connectivity index is 1.94. The van der Waals surface area contributed by atoms with Crippen molar-refractivity contribution in [2.24, 2.45) is 0 Å². The fourth-order valence-corrected chi connectivity index (χ4v) is 2.52. The molecule has 1 aliphatic rings. The number of benzene rings is 1. The van der Waals surface area contributed by atoms with Crippen LogP contribution in [0.3, 0.4) is 0 Å². The fourth-order valence-electron chi connectivity index (χ4n) is 1.91. The lowest BCUT2D eigenvalue weighted by atomic mass is 10.2. The Morgan fingerprint density at radius 2 is 2.20 bits per heavy atom. The molecule has 0 bridgehead atoms. The average molecular weight is 344 g/mol. The summed E-state index contributed by atoms with van der Waals surface area (Å²) < 4.78 is 16.8. The van der Waals surface area contributed by atoms with Crippen molar-refractivity contribution in [2.75, 3.05) is 26.9 Å². The van der Waals surface area contributed by atoms with Crippen LogP contribution in [0.2, 0.25) is 0 Å². The molecule has 0 fully saturated rings. The second-order valence-corrected chi connectivity index (χ2v) is 5.31. The van der Waals surface area contributed by atoms with Crippen molar-refractivity contribution in [2.45, 2.75) is 19.4 Å². The molecule has 20 heavy (non-hydrogen) atoms. The Kier molecular flexibility index (Phi) is 5.67. The summed E-state index contributed by atoms with van der Waals surface area (Å²) in [4.78, 5) is 11.0. The van der Waals surface area contributed by atoms with E-state index in [0.29, 0.717) is 32.7 Å². The van der Waals surface area contributed by atoms with E-state index in [4.69, 9.17) is 9.47 Å². The number of fused-ring (bicyclic) bond motifs is 1. The zero-order chi connectivity index (χ0) is 14.4. The second-order valence-electron chi connectivity index (χ2n) is 4.46. The first-order valence-electron chi connectivity index (χ1n) is 6.56. The molecular weight excluding hydrogens is 326 g/mol. The summed E-state index contributed by atoms with van der Waals surface area (Å²) in [5, 5.41) is 3.20. The summed E-state index contributed by atoms with van der Waals surface area (Å²) in [6, 6.07) is 3.97. The van der Waals surface area contributed by atoms with Crippen molar-refractivity contribution in [3.05, 3.63) is 22.2 Å². The number of hydrogen-bond acceptors (Lipinski definition) is 5. The van der Waals surface area contributed by atoms with E-state index in [2.05, 4.69) is 26.0 Å². The SMILES string of the molecule is COC(=O)CCNCc1cc(Br)c2c(c1)OCCCO2. The Morgan fingerprint density at radius 1 is 1.40 bits per heavy atom. The molecule has 1 aliphatic heterocycles. The molecule has 2 rings (SSSR count). The van der Waals surface area contributed by atoms with Crippen molar-refractivity contribution in [3.8, 4) is 11.5 Å². The van der Waals surface area contributed by atoms with Crippen molar-refractivity contribution in [1.29, 1.82) is 0 Å². The zero-order valence-electron chi connectivity index (χ0n) is 11.4. The number of carbonyl (C=O) groups excluding carboxylic acids is 1. The van der Waals surface area contributed by atoms with Gasteiger partial charge in [-0.1, -0.05) is 0 Å². The van der Waals surface area contributed by atoms with Crippen LogP contribution < -0.4 is 14.8 Å². The molecule has 0 aliphatic carbocycles. The third kappa shape index (κ3) is 4.11. The number of esters is 1. The van der Waals surface area contributed by atoms with Crippen molar-refractivity contribution >= 4 is 21.9 Å². The molecule has 0 unspecified atom stereocenters. The van der Waals surface area contributed by atoms with E-state index in [0.717, 1.165) is 28.0 Å². The number of rotatable bonds is 5. The van der Waals surface area contributed by atoms with Gasteiger partial charge >= 0.3 is 5.97 Å². The van der Waals surface area contributed by atoms with Crippen LogP contribution in [0.1, 0.15) is 18.4 Å². The van der Waals surface area contributed by atoms with E-state index in [9.17, 15) is 4.79 Å². The smallest absolute Gasteiger partial charge is 0.306 e. The van der Waals surface area contributed by atoms with Crippen LogP contribution in [0.15, 0.2) is 16.6 Å². The summed E-state index contributed by atoms with van der Waals surface area (Å²) in [6.45, 7) is 2.58. The van der Waals surface area contributed by atoms with Crippen LogP contribution in [-0.2, 0) is 16.1 Å². The molecule has 0 saturated carbocycles. The molecular formula is C14H18BrNO4. The van der Waals surface area contributed by atoms with Crippen molar-refractivity contribution in [3.63, 3.8) is 0 Å². The minimum Gasteiger partial charge on any atom is -0.490 e. The summed E-state index contributed by atoms with van der Waals surface area (Å²) in [5.41, 5.74) is 1.07. The van der Waals surface area contributed by atoms with Gasteiger partial charge in [-0.2, -0.15) is 0 Å². The van der Waals surface area contributed by atoms with E-state index < -0.39 is 0 Å². The third-order valence-electron chi connectivity index (χ3n) is 2.92. The topological polar surface area (TPSA) is 56.8 Å². The molecule has 6 heteroatoms. The van der Waals surface area contributed by atoms with Crippen LogP contribution in [0.5, 0.6) is 11.5 Å². The van der Waals surface area contributed by atoms with Crippen LogP contribution >= 0.6 is 15.9 Å². The molecule has 110 valence electrons. The molecule has 0 radical (unpaired) electrons. The minimum atomic E-state index is -0.211. The molecule has 0 amide bonds. The maximum Gasteiger partial charge on any atom is 0.306 e. The highest BCUT2D eigenvalue weighted by molar-refractivity contribution is 9.10. The standard InChI is InChI=1S/C14H18BrNO4/c1-18-13(17)3-4-16-9-10-7-11(15)14-12(8-10)19-5-2-6-20-14/h7-8,16H,2-6,9H2,1H3. The van der Waals surface area contributed by atoms with Crippen LogP contribution in [-0.4, -0.2) is 32.8 Å². The lowest BCUT2D eigenvalue weighted by Crippen LogP contribution is -2.18. The predicted molar refractivity (Wildman–Crippen MR) is 78.1 cm³/mol. The van der Waals surface area contributed by atoms with Crippen LogP contribution in [0, 0.1) is 0 Å². The highest BCUT2D eigenvalue weighted by Gasteiger charge is 2.15. The van der Waals surface area contributed by atoms with Crippen molar-refractivity contribution < 1.29 is 19.0 Å². The summed E-state index contributed by atoms with van der Waals surface area (Å²) in [5.74, 6) is 1.32. The molecule has 1 N–H and O–H groups in total. The molecule has 1 heterocycles. The molecule has 5 nitrogen and oxygen atoms in total. The summed E-state index contributed by atoms with van der Waals surface area (Å²) in [6.07, 6.45) is 1.25. The second kappa shape index (κ2) is 7.50. The fraction of sp³-hybridized carbons (Fsp3) is 0.500. The van der Waals surface area contributed by atoms with Gasteiger partial charge in [0.2, 0.25) is 0 Å². The highest BCUT2D eigenvalue weighted by atomic mass is 79.9. The molecule has 1 aromatic carbocycles. The average Bonchev–Trinajstić information content (AvgIpc) is 2.69. The van der Waals surface area contributed by atoms with Gasteiger partial charge in [-0.25, -0.2) is 0 Å². The monoisotopic (exact) mass is 343 g/mol. The molecule has 0 atom stereocenters. The lowest BCUT2D eigenvalue weighted by Gasteiger charge is -2.12. The summed E-state index contributed by atoms with van der Waals surface area (Å²) in [7, 11) is 1.39. The van der Waals surface area contributed by atoms with E-state index >= 15 is 0 Å². The highest BCUT2D eigenvalue weighted by Crippen LogP contribution is 2.38. The number of nitrogens with one attached hydrogen (secondary N) is 1. The molecule has 0 aromatic heterocycles. The first-order valence-corrected chi connectivity index (χ1v) is 7.35. The van der Waals surface area contributed by atoms with Gasteiger partial charge < -0.3 is 19.5 Å². The van der Waals surface area contributed by atoms with Gasteiger partial charge in [0.15, 0.2) is 11.5 Å². The summed E-state index contributed by atoms with van der Waals surface area (Å²) >= 11 is 3.50. The number of ether oxygens (including phenoxy) is 3. The largest absolute Gasteiger partial charge is 0.490 e. The Labute approximate surface area is 126 Å². The molecule has 0 saturated heterocycles. The normalized spacial score (nSPS) is 13.7. The maximum atomic E-state index is 11.0. The zero-order valence-corrected chi connectivity index (χ0v) is 13.0. The van der Waals surface area contributed by atoms with Gasteiger partial charge in [0.05, 0.1) is 31.2 Å². The number of carbonyl (C=O) groups is 1. The van der Waals surface area contributed by atoms with Gasteiger partial charge in [0.1, 0.15) is 0 Å². The van der Waals surface area contributed by atoms with Gasteiger partial charge in [-0.3, -0.25) is 4.79 Å². The first-order chi connectivity index (χ1) is 9.70. The minimum absolute atomic E-state index is 0.211. The van der Waals surface area contributed by atoms with Gasteiger partial charge in [-0.05, 0) is 33.6 Å². The van der Waals surface area contributed by atoms with Gasteiger partial charge in [-0.15, -0.1) is 0 Å².